The van der Waals surface area contributed by atoms with Crippen LogP contribution in [0.4, 0.5) is 0 Å². The van der Waals surface area contributed by atoms with E-state index in [1.807, 2.05) is 43.4 Å². The number of pyridine rings is 2. The molecule has 4 nitrogen and oxygen atoms in total. The van der Waals surface area contributed by atoms with Crippen molar-refractivity contribution < 1.29 is 0 Å². The van der Waals surface area contributed by atoms with Crippen molar-refractivity contribution in [1.82, 2.24) is 19.9 Å². The molecule has 0 aliphatic rings. The van der Waals surface area contributed by atoms with Crippen molar-refractivity contribution in [2.45, 2.75) is 13.8 Å². The van der Waals surface area contributed by atoms with E-state index in [1.165, 1.54) is 0 Å². The normalized spacial score (nSPS) is 11.7. The van der Waals surface area contributed by atoms with Crippen molar-refractivity contribution in [2.24, 2.45) is 0 Å². The average molecular weight is 693 g/mol. The third kappa shape index (κ3) is 6.04. The summed E-state index contributed by atoms with van der Waals surface area (Å²) in [4.78, 5) is 21.2. The molecule has 0 amide bonds. The van der Waals surface area contributed by atoms with Crippen LogP contribution in [0.5, 0.6) is 0 Å². The molecule has 256 valence electrons. The topological polar surface area (TPSA) is 51.6 Å². The van der Waals surface area contributed by atoms with Crippen molar-refractivity contribution in [1.29, 1.82) is 0 Å². The summed E-state index contributed by atoms with van der Waals surface area (Å²) in [6, 6.07) is 54.8. The van der Waals surface area contributed by atoms with E-state index in [0.29, 0.717) is 5.82 Å². The van der Waals surface area contributed by atoms with Gasteiger partial charge >= 0.3 is 0 Å². The molecule has 3 heterocycles. The second-order valence-electron chi connectivity index (χ2n) is 13.4. The molecule has 6 aromatic carbocycles. The van der Waals surface area contributed by atoms with Gasteiger partial charge in [-0.15, -0.1) is 0 Å². The summed E-state index contributed by atoms with van der Waals surface area (Å²) in [6.07, 6.45) is 8.15. The molecular formula is C50H36N4. The van der Waals surface area contributed by atoms with Gasteiger partial charge in [0.25, 0.3) is 0 Å². The predicted octanol–water partition coefficient (Wildman–Crippen LogP) is 13.0. The highest BCUT2D eigenvalue weighted by Crippen LogP contribution is 2.41. The standard InChI is InChI=1S/C50H36N4/c1-3-4-7-26-43-33(2)32-42-46(52-44-27-15-14-24-41(44)49(42)51-43)38-30-28-35(29-31-38)45-47(36-18-8-5-9-19-36)53-50(54-48(45)37-20-10-6-11-21-37)40-25-16-22-34-17-12-13-23-39(34)40/h3-32H,1-2H3/b4-3-,26-7-. The van der Waals surface area contributed by atoms with E-state index in [1.54, 1.807) is 0 Å². The van der Waals surface area contributed by atoms with E-state index in [-0.39, 0.29) is 0 Å². The molecule has 9 rings (SSSR count). The minimum atomic E-state index is 0.694. The first-order chi connectivity index (χ1) is 26.7. The molecule has 0 N–H and O–H groups in total. The molecule has 0 unspecified atom stereocenters. The van der Waals surface area contributed by atoms with E-state index in [0.717, 1.165) is 94.3 Å². The van der Waals surface area contributed by atoms with Gasteiger partial charge in [-0.1, -0.05) is 164 Å². The number of aryl methyl sites for hydroxylation is 1. The number of aromatic nitrogens is 4. The molecule has 0 fully saturated rings. The number of para-hydroxylation sites is 1. The molecule has 0 aliphatic heterocycles. The molecule has 0 saturated carbocycles. The average Bonchev–Trinajstić information content (AvgIpc) is 3.24. The van der Waals surface area contributed by atoms with Gasteiger partial charge < -0.3 is 0 Å². The van der Waals surface area contributed by atoms with E-state index in [2.05, 4.69) is 153 Å². The van der Waals surface area contributed by atoms with Gasteiger partial charge in [0, 0.05) is 38.6 Å². The molecule has 0 atom stereocenters. The molecular weight excluding hydrogens is 657 g/mol. The van der Waals surface area contributed by atoms with E-state index >= 15 is 0 Å². The zero-order valence-electron chi connectivity index (χ0n) is 30.1. The van der Waals surface area contributed by atoms with Crippen LogP contribution in [0.15, 0.2) is 176 Å². The van der Waals surface area contributed by atoms with Crippen molar-refractivity contribution in [2.75, 3.05) is 0 Å². The first kappa shape index (κ1) is 32.8. The fourth-order valence-electron chi connectivity index (χ4n) is 7.29. The first-order valence-electron chi connectivity index (χ1n) is 18.3. The largest absolute Gasteiger partial charge is 0.247 e. The van der Waals surface area contributed by atoms with Crippen LogP contribution in [-0.4, -0.2) is 19.9 Å². The molecule has 4 heteroatoms. The Kier molecular flexibility index (Phi) is 8.62. The second-order valence-corrected chi connectivity index (χ2v) is 13.4. The van der Waals surface area contributed by atoms with Crippen molar-refractivity contribution in [3.05, 3.63) is 187 Å². The smallest absolute Gasteiger partial charge is 0.161 e. The van der Waals surface area contributed by atoms with E-state index in [9.17, 15) is 0 Å². The van der Waals surface area contributed by atoms with Crippen LogP contribution in [0.2, 0.25) is 0 Å². The quantitative estimate of drug-likeness (QED) is 0.123. The van der Waals surface area contributed by atoms with Crippen LogP contribution in [0.1, 0.15) is 18.2 Å². The Bertz CT molecular complexity index is 2810. The minimum absolute atomic E-state index is 0.694. The Balaban J connectivity index is 1.26. The lowest BCUT2D eigenvalue weighted by molar-refractivity contribution is 1.19. The molecule has 3 aromatic heterocycles. The first-order valence-corrected chi connectivity index (χ1v) is 18.3. The number of nitrogens with zero attached hydrogens (tertiary/aromatic N) is 4. The second kappa shape index (κ2) is 14.2. The zero-order valence-corrected chi connectivity index (χ0v) is 30.1. The summed E-state index contributed by atoms with van der Waals surface area (Å²) in [5.74, 6) is 0.694. The third-order valence-corrected chi connectivity index (χ3v) is 9.94. The Labute approximate surface area is 314 Å². The van der Waals surface area contributed by atoms with Crippen LogP contribution in [0.25, 0.3) is 94.9 Å². The summed E-state index contributed by atoms with van der Waals surface area (Å²) in [7, 11) is 0. The van der Waals surface area contributed by atoms with Gasteiger partial charge in [-0.05, 0) is 54.0 Å². The molecule has 9 aromatic rings. The number of hydrogen-bond acceptors (Lipinski definition) is 4. The molecule has 0 spiro atoms. The molecule has 54 heavy (non-hydrogen) atoms. The monoisotopic (exact) mass is 692 g/mol. The van der Waals surface area contributed by atoms with Gasteiger partial charge in [0.2, 0.25) is 0 Å². The van der Waals surface area contributed by atoms with Crippen molar-refractivity contribution in [3.63, 3.8) is 0 Å². The number of hydrogen-bond donors (Lipinski definition) is 0. The number of rotatable bonds is 7. The lowest BCUT2D eigenvalue weighted by Gasteiger charge is -2.18. The van der Waals surface area contributed by atoms with Gasteiger partial charge in [0.1, 0.15) is 0 Å². The summed E-state index contributed by atoms with van der Waals surface area (Å²) in [5, 5.41) is 4.34. The zero-order chi connectivity index (χ0) is 36.4. The Morgan fingerprint density at radius 2 is 1.06 bits per heavy atom. The van der Waals surface area contributed by atoms with Crippen LogP contribution in [-0.2, 0) is 0 Å². The van der Waals surface area contributed by atoms with Crippen molar-refractivity contribution in [3.8, 4) is 56.3 Å². The van der Waals surface area contributed by atoms with Crippen molar-refractivity contribution >= 4 is 38.7 Å². The fraction of sp³-hybridized carbons (Fsp3) is 0.0400. The minimum Gasteiger partial charge on any atom is -0.247 e. The summed E-state index contributed by atoms with van der Waals surface area (Å²) < 4.78 is 0. The van der Waals surface area contributed by atoms with Crippen LogP contribution < -0.4 is 0 Å². The SMILES string of the molecule is C/C=C\C=C/c1nc2c(cc1C)c(-c1ccc(-c3c(-c4ccccc4)nc(-c4cccc5ccccc45)nc3-c3ccccc3)cc1)nc1ccccc12. The Morgan fingerprint density at radius 3 is 1.76 bits per heavy atom. The van der Waals surface area contributed by atoms with E-state index < -0.39 is 0 Å². The summed E-state index contributed by atoms with van der Waals surface area (Å²) in [5.41, 5.74) is 12.7. The Hall–Kier alpha value is -7.04. The van der Waals surface area contributed by atoms with E-state index in [4.69, 9.17) is 19.9 Å². The van der Waals surface area contributed by atoms with Crippen LogP contribution in [0, 0.1) is 6.92 Å². The molecule has 0 radical (unpaired) electrons. The van der Waals surface area contributed by atoms with Gasteiger partial charge in [0.05, 0.1) is 33.8 Å². The highest BCUT2D eigenvalue weighted by Gasteiger charge is 2.21. The lowest BCUT2D eigenvalue weighted by Crippen LogP contribution is -2.01. The third-order valence-electron chi connectivity index (χ3n) is 9.94. The van der Waals surface area contributed by atoms with Gasteiger partial charge in [-0.3, -0.25) is 0 Å². The number of benzene rings is 6. The van der Waals surface area contributed by atoms with Crippen LogP contribution in [0.3, 0.4) is 0 Å². The number of fused-ring (bicyclic) bond motifs is 4. The van der Waals surface area contributed by atoms with Gasteiger partial charge in [0.15, 0.2) is 5.82 Å². The highest BCUT2D eigenvalue weighted by molar-refractivity contribution is 6.09. The Morgan fingerprint density at radius 1 is 0.463 bits per heavy atom. The molecule has 0 aliphatic carbocycles. The maximum Gasteiger partial charge on any atom is 0.161 e. The summed E-state index contributed by atoms with van der Waals surface area (Å²) in [6.45, 7) is 4.13. The maximum absolute atomic E-state index is 5.38. The van der Waals surface area contributed by atoms with Crippen LogP contribution >= 0.6 is 0 Å². The highest BCUT2D eigenvalue weighted by atomic mass is 14.9. The lowest BCUT2D eigenvalue weighted by atomic mass is 9.92. The predicted molar refractivity (Wildman–Crippen MR) is 226 cm³/mol. The molecule has 0 saturated heterocycles. The fourth-order valence-corrected chi connectivity index (χ4v) is 7.29. The van der Waals surface area contributed by atoms with Gasteiger partial charge in [-0.2, -0.15) is 0 Å². The molecule has 0 bridgehead atoms. The maximum atomic E-state index is 5.38. The summed E-state index contributed by atoms with van der Waals surface area (Å²) >= 11 is 0. The number of allylic oxidation sites excluding steroid dienone is 3. The van der Waals surface area contributed by atoms with Gasteiger partial charge in [-0.25, -0.2) is 19.9 Å².